The zero-order valence-electron chi connectivity index (χ0n) is 15.7. The summed E-state index contributed by atoms with van der Waals surface area (Å²) >= 11 is 5.95. The molecule has 0 radical (unpaired) electrons. The van der Waals surface area contributed by atoms with Crippen molar-refractivity contribution >= 4 is 34.1 Å². The van der Waals surface area contributed by atoms with Crippen molar-refractivity contribution in [1.82, 2.24) is 4.98 Å². The highest BCUT2D eigenvalue weighted by molar-refractivity contribution is 6.30. The van der Waals surface area contributed by atoms with Crippen LogP contribution in [0.1, 0.15) is 39.5 Å². The van der Waals surface area contributed by atoms with Gasteiger partial charge in [-0.05, 0) is 66.4 Å². The Kier molecular flexibility index (Phi) is 4.53. The summed E-state index contributed by atoms with van der Waals surface area (Å²) in [6.45, 7) is 0. The van der Waals surface area contributed by atoms with Crippen molar-refractivity contribution in [2.45, 2.75) is 18.9 Å². The van der Waals surface area contributed by atoms with Gasteiger partial charge in [0.25, 0.3) is 0 Å². The van der Waals surface area contributed by atoms with Gasteiger partial charge in [-0.15, -0.1) is 0 Å². The molecule has 142 valence electrons. The lowest BCUT2D eigenvalue weighted by atomic mass is 9.99. The normalized spacial score (nSPS) is 15.3. The number of ketones is 1. The third kappa shape index (κ3) is 3.39. The number of pyridine rings is 1. The fraction of sp³-hybridized carbons (Fsp3) is 0.120. The lowest BCUT2D eigenvalue weighted by Gasteiger charge is -2.15. The molecule has 0 saturated carbocycles. The zero-order chi connectivity index (χ0) is 19.8. The predicted molar refractivity (Wildman–Crippen MR) is 118 cm³/mol. The van der Waals surface area contributed by atoms with Crippen LogP contribution < -0.4 is 5.32 Å². The number of anilines is 1. The highest BCUT2D eigenvalue weighted by Crippen LogP contribution is 2.33. The second-order valence-electron chi connectivity index (χ2n) is 7.34. The molecular formula is C25H19ClN2O. The summed E-state index contributed by atoms with van der Waals surface area (Å²) in [6, 6.07) is 25.4. The van der Waals surface area contributed by atoms with Gasteiger partial charge < -0.3 is 5.32 Å². The first-order chi connectivity index (χ1) is 14.2. The summed E-state index contributed by atoms with van der Waals surface area (Å²) in [5.74, 6) is 0.801. The molecule has 1 aromatic heterocycles. The Bertz CT molecular complexity index is 1220. The van der Waals surface area contributed by atoms with Crippen LogP contribution in [0.4, 0.5) is 5.82 Å². The molecule has 1 atom stereocenters. The minimum absolute atomic E-state index is 0.0282. The van der Waals surface area contributed by atoms with Gasteiger partial charge in [-0.25, -0.2) is 4.98 Å². The van der Waals surface area contributed by atoms with E-state index in [1.54, 1.807) is 24.3 Å². The molecule has 3 nitrogen and oxygen atoms in total. The molecule has 0 bridgehead atoms. The summed E-state index contributed by atoms with van der Waals surface area (Å²) in [5, 5.41) is 5.03. The number of fused-ring (bicyclic) bond motifs is 2. The van der Waals surface area contributed by atoms with Crippen molar-refractivity contribution < 1.29 is 4.79 Å². The Hall–Kier alpha value is -3.17. The summed E-state index contributed by atoms with van der Waals surface area (Å²) in [6.07, 6.45) is 2.15. The average Bonchev–Trinajstić information content (AvgIpc) is 3.16. The quantitative estimate of drug-likeness (QED) is 0.415. The Morgan fingerprint density at radius 2 is 1.76 bits per heavy atom. The molecule has 1 heterocycles. The molecule has 4 heteroatoms. The van der Waals surface area contributed by atoms with E-state index in [2.05, 4.69) is 29.6 Å². The van der Waals surface area contributed by atoms with Gasteiger partial charge in [0, 0.05) is 21.5 Å². The van der Waals surface area contributed by atoms with Crippen LogP contribution in [0.2, 0.25) is 5.02 Å². The van der Waals surface area contributed by atoms with E-state index in [1.807, 2.05) is 30.3 Å². The van der Waals surface area contributed by atoms with Crippen LogP contribution in [0, 0.1) is 0 Å². The van der Waals surface area contributed by atoms with Crippen LogP contribution in [-0.2, 0) is 6.42 Å². The third-order valence-electron chi connectivity index (χ3n) is 5.54. The highest BCUT2D eigenvalue weighted by atomic mass is 35.5. The van der Waals surface area contributed by atoms with E-state index < -0.39 is 0 Å². The number of benzene rings is 3. The van der Waals surface area contributed by atoms with Gasteiger partial charge in [0.1, 0.15) is 5.82 Å². The number of carbonyl (C=O) groups excluding carboxylic acids is 1. The molecule has 1 aliphatic carbocycles. The summed E-state index contributed by atoms with van der Waals surface area (Å²) < 4.78 is 0. The van der Waals surface area contributed by atoms with E-state index in [0.717, 1.165) is 29.6 Å². The summed E-state index contributed by atoms with van der Waals surface area (Å²) in [7, 11) is 0. The molecule has 1 N–H and O–H groups in total. The van der Waals surface area contributed by atoms with E-state index in [1.165, 1.54) is 11.1 Å². The number of carbonyl (C=O) groups is 1. The predicted octanol–water partition coefficient (Wildman–Crippen LogP) is 6.22. The first-order valence-corrected chi connectivity index (χ1v) is 10.1. The van der Waals surface area contributed by atoms with Gasteiger partial charge in [0.2, 0.25) is 0 Å². The first kappa shape index (κ1) is 17.9. The molecule has 0 amide bonds. The third-order valence-corrected chi connectivity index (χ3v) is 5.79. The number of halogens is 1. The SMILES string of the molecule is O=C(c1ccc(Cl)cc1)c1cccc2nc(NC3CCc4ccccc43)ccc12. The van der Waals surface area contributed by atoms with Crippen molar-refractivity contribution in [1.29, 1.82) is 0 Å². The van der Waals surface area contributed by atoms with Gasteiger partial charge in [-0.2, -0.15) is 0 Å². The maximum Gasteiger partial charge on any atom is 0.193 e. The molecule has 0 saturated heterocycles. The number of nitrogens with one attached hydrogen (secondary N) is 1. The van der Waals surface area contributed by atoms with Crippen molar-refractivity contribution in [3.8, 4) is 0 Å². The molecule has 0 fully saturated rings. The van der Waals surface area contributed by atoms with Gasteiger partial charge >= 0.3 is 0 Å². The second kappa shape index (κ2) is 7.34. The zero-order valence-corrected chi connectivity index (χ0v) is 16.5. The lowest BCUT2D eigenvalue weighted by Crippen LogP contribution is -2.09. The second-order valence-corrected chi connectivity index (χ2v) is 7.78. The van der Waals surface area contributed by atoms with E-state index in [0.29, 0.717) is 16.1 Å². The number of hydrogen-bond acceptors (Lipinski definition) is 3. The molecule has 3 aromatic carbocycles. The van der Waals surface area contributed by atoms with Gasteiger partial charge in [0.05, 0.1) is 11.6 Å². The summed E-state index contributed by atoms with van der Waals surface area (Å²) in [5.41, 5.74) is 4.82. The molecular weight excluding hydrogens is 380 g/mol. The monoisotopic (exact) mass is 398 g/mol. The van der Waals surface area contributed by atoms with Gasteiger partial charge in [-0.1, -0.05) is 48.0 Å². The van der Waals surface area contributed by atoms with Crippen LogP contribution >= 0.6 is 11.6 Å². The first-order valence-electron chi connectivity index (χ1n) is 9.73. The lowest BCUT2D eigenvalue weighted by molar-refractivity contribution is 0.104. The fourth-order valence-corrected chi connectivity index (χ4v) is 4.20. The van der Waals surface area contributed by atoms with Gasteiger partial charge in [-0.3, -0.25) is 4.79 Å². The molecule has 4 aromatic rings. The minimum Gasteiger partial charge on any atom is -0.363 e. The van der Waals surface area contributed by atoms with Crippen LogP contribution in [-0.4, -0.2) is 10.8 Å². The van der Waals surface area contributed by atoms with Crippen LogP contribution in [0.25, 0.3) is 10.9 Å². The van der Waals surface area contributed by atoms with Crippen LogP contribution in [0.15, 0.2) is 78.9 Å². The van der Waals surface area contributed by atoms with Gasteiger partial charge in [0.15, 0.2) is 5.78 Å². The largest absolute Gasteiger partial charge is 0.363 e. The Morgan fingerprint density at radius 1 is 0.931 bits per heavy atom. The average molecular weight is 399 g/mol. The number of rotatable bonds is 4. The van der Waals surface area contributed by atoms with E-state index in [-0.39, 0.29) is 11.8 Å². The van der Waals surface area contributed by atoms with E-state index >= 15 is 0 Å². The van der Waals surface area contributed by atoms with Crippen molar-refractivity contribution in [3.05, 3.63) is 106 Å². The van der Waals surface area contributed by atoms with Crippen LogP contribution in [0.5, 0.6) is 0 Å². The number of hydrogen-bond donors (Lipinski definition) is 1. The number of aryl methyl sites for hydroxylation is 1. The maximum atomic E-state index is 13.0. The Labute approximate surface area is 174 Å². The minimum atomic E-state index is -0.0282. The summed E-state index contributed by atoms with van der Waals surface area (Å²) in [4.78, 5) is 17.8. The number of aromatic nitrogens is 1. The Balaban J connectivity index is 1.46. The molecule has 29 heavy (non-hydrogen) atoms. The highest BCUT2D eigenvalue weighted by Gasteiger charge is 2.22. The van der Waals surface area contributed by atoms with E-state index in [9.17, 15) is 4.79 Å². The van der Waals surface area contributed by atoms with Crippen molar-refractivity contribution in [3.63, 3.8) is 0 Å². The fourth-order valence-electron chi connectivity index (χ4n) is 4.08. The molecule has 1 unspecified atom stereocenters. The van der Waals surface area contributed by atoms with Crippen LogP contribution in [0.3, 0.4) is 0 Å². The molecule has 0 aliphatic heterocycles. The Morgan fingerprint density at radius 3 is 2.62 bits per heavy atom. The molecule has 5 rings (SSSR count). The number of nitrogens with zero attached hydrogens (tertiary/aromatic N) is 1. The van der Waals surface area contributed by atoms with E-state index in [4.69, 9.17) is 16.6 Å². The molecule has 1 aliphatic rings. The van der Waals surface area contributed by atoms with Crippen molar-refractivity contribution in [2.75, 3.05) is 5.32 Å². The van der Waals surface area contributed by atoms with Crippen molar-refractivity contribution in [2.24, 2.45) is 0 Å². The molecule has 0 spiro atoms. The standard InChI is InChI=1S/C25H19ClN2O/c26-18-11-8-17(9-12-18)25(29)21-6-3-7-22-20(21)13-15-24(27-22)28-23-14-10-16-4-1-2-5-19(16)23/h1-9,11-13,15,23H,10,14H2,(H,27,28). The topological polar surface area (TPSA) is 42.0 Å². The smallest absolute Gasteiger partial charge is 0.193 e. The maximum absolute atomic E-state index is 13.0.